The summed E-state index contributed by atoms with van der Waals surface area (Å²) in [6.45, 7) is 0. The van der Waals surface area contributed by atoms with Gasteiger partial charge in [-0.2, -0.15) is 13.2 Å². The van der Waals surface area contributed by atoms with Gasteiger partial charge >= 0.3 is 6.18 Å². The summed E-state index contributed by atoms with van der Waals surface area (Å²) in [5.41, 5.74) is 0.121. The lowest BCUT2D eigenvalue weighted by atomic mass is 9.94. The van der Waals surface area contributed by atoms with Crippen molar-refractivity contribution in [3.05, 3.63) is 35.9 Å². The highest BCUT2D eigenvalue weighted by molar-refractivity contribution is 5.76. The minimum atomic E-state index is -4.41. The maximum atomic E-state index is 12.9. The number of carbonyl (C=O) groups is 1. The lowest BCUT2D eigenvalue weighted by Crippen LogP contribution is -2.29. The standard InChI is InChI=1S/C12H14F3NO/c1-16(2)11(17)8-10(12(13,14)15)9-6-4-3-5-7-9/h3-7,10H,8H2,1-2H3/t10-/m1/s1. The third kappa shape index (κ3) is 3.76. The highest BCUT2D eigenvalue weighted by Gasteiger charge is 2.41. The van der Waals surface area contributed by atoms with Crippen molar-refractivity contribution >= 4 is 5.91 Å². The number of nitrogens with zero attached hydrogens (tertiary/aromatic N) is 1. The van der Waals surface area contributed by atoms with Gasteiger partial charge < -0.3 is 4.90 Å². The van der Waals surface area contributed by atoms with E-state index >= 15 is 0 Å². The van der Waals surface area contributed by atoms with E-state index in [1.807, 2.05) is 0 Å². The van der Waals surface area contributed by atoms with Gasteiger partial charge in [-0.1, -0.05) is 30.3 Å². The monoisotopic (exact) mass is 245 g/mol. The van der Waals surface area contributed by atoms with Crippen LogP contribution in [0, 0.1) is 0 Å². The smallest absolute Gasteiger partial charge is 0.349 e. The minimum absolute atomic E-state index is 0.121. The zero-order valence-electron chi connectivity index (χ0n) is 9.66. The second-order valence-electron chi connectivity index (χ2n) is 4.00. The molecule has 0 aliphatic carbocycles. The molecule has 0 saturated carbocycles. The minimum Gasteiger partial charge on any atom is -0.349 e. The van der Waals surface area contributed by atoms with Crippen LogP contribution < -0.4 is 0 Å². The predicted octanol–water partition coefficient (Wildman–Crippen LogP) is 2.81. The summed E-state index contributed by atoms with van der Waals surface area (Å²) in [5.74, 6) is -2.27. The molecule has 0 aliphatic heterocycles. The van der Waals surface area contributed by atoms with Crippen molar-refractivity contribution in [2.24, 2.45) is 0 Å². The molecule has 1 atom stereocenters. The Morgan fingerprint density at radius 1 is 1.24 bits per heavy atom. The Bertz CT molecular complexity index is 373. The van der Waals surface area contributed by atoms with Crippen LogP contribution in [0.3, 0.4) is 0 Å². The van der Waals surface area contributed by atoms with Crippen LogP contribution in [0.1, 0.15) is 17.9 Å². The molecule has 0 saturated heterocycles. The highest BCUT2D eigenvalue weighted by atomic mass is 19.4. The summed E-state index contributed by atoms with van der Waals surface area (Å²) < 4.78 is 38.6. The maximum Gasteiger partial charge on any atom is 0.396 e. The summed E-state index contributed by atoms with van der Waals surface area (Å²) in [6.07, 6.45) is -4.96. The van der Waals surface area contributed by atoms with Crippen LogP contribution in [-0.2, 0) is 4.79 Å². The molecule has 0 N–H and O–H groups in total. The van der Waals surface area contributed by atoms with E-state index in [4.69, 9.17) is 0 Å². The van der Waals surface area contributed by atoms with Crippen LogP contribution in [0.5, 0.6) is 0 Å². The van der Waals surface area contributed by atoms with Crippen molar-refractivity contribution < 1.29 is 18.0 Å². The van der Waals surface area contributed by atoms with Gasteiger partial charge in [0.15, 0.2) is 0 Å². The van der Waals surface area contributed by atoms with Gasteiger partial charge in [-0.05, 0) is 5.56 Å². The highest BCUT2D eigenvalue weighted by Crippen LogP contribution is 2.37. The summed E-state index contributed by atoms with van der Waals surface area (Å²) in [5, 5.41) is 0. The first-order valence-corrected chi connectivity index (χ1v) is 5.14. The number of amides is 1. The summed E-state index contributed by atoms with van der Waals surface area (Å²) in [6, 6.07) is 7.50. The molecule has 0 bridgehead atoms. The fourth-order valence-corrected chi connectivity index (χ4v) is 1.47. The molecule has 0 radical (unpaired) electrons. The third-order valence-electron chi connectivity index (χ3n) is 2.47. The topological polar surface area (TPSA) is 20.3 Å². The van der Waals surface area contributed by atoms with E-state index in [1.54, 1.807) is 6.07 Å². The number of hydrogen-bond donors (Lipinski definition) is 0. The second-order valence-corrected chi connectivity index (χ2v) is 4.00. The zero-order chi connectivity index (χ0) is 13.1. The van der Waals surface area contributed by atoms with Crippen molar-refractivity contribution in [3.63, 3.8) is 0 Å². The zero-order valence-corrected chi connectivity index (χ0v) is 9.66. The molecule has 0 fully saturated rings. The molecule has 2 nitrogen and oxygen atoms in total. The largest absolute Gasteiger partial charge is 0.396 e. The predicted molar refractivity (Wildman–Crippen MR) is 58.5 cm³/mol. The first kappa shape index (κ1) is 13.5. The molecule has 0 heterocycles. The molecule has 0 aromatic heterocycles. The van der Waals surface area contributed by atoms with E-state index in [0.29, 0.717) is 0 Å². The SMILES string of the molecule is CN(C)C(=O)C[C@H](c1ccccc1)C(F)(F)F. The molecule has 0 spiro atoms. The first-order valence-electron chi connectivity index (χ1n) is 5.14. The van der Waals surface area contributed by atoms with Gasteiger partial charge in [-0.15, -0.1) is 0 Å². The molecule has 1 aromatic carbocycles. The van der Waals surface area contributed by atoms with Crippen LogP contribution in [-0.4, -0.2) is 31.1 Å². The Balaban J connectivity index is 2.95. The number of rotatable bonds is 3. The first-order chi connectivity index (χ1) is 7.82. The maximum absolute atomic E-state index is 12.9. The van der Waals surface area contributed by atoms with Crippen LogP contribution >= 0.6 is 0 Å². The van der Waals surface area contributed by atoms with Crippen molar-refractivity contribution in [1.29, 1.82) is 0 Å². The van der Waals surface area contributed by atoms with Gasteiger partial charge in [-0.25, -0.2) is 0 Å². The van der Waals surface area contributed by atoms with Gasteiger partial charge in [0.1, 0.15) is 0 Å². The van der Waals surface area contributed by atoms with Crippen LogP contribution in [0.25, 0.3) is 0 Å². The Morgan fingerprint density at radius 3 is 2.18 bits per heavy atom. The van der Waals surface area contributed by atoms with Gasteiger partial charge in [0.2, 0.25) is 5.91 Å². The Morgan fingerprint density at radius 2 is 1.76 bits per heavy atom. The van der Waals surface area contributed by atoms with E-state index in [2.05, 4.69) is 0 Å². The molecular weight excluding hydrogens is 231 g/mol. The summed E-state index contributed by atoms with van der Waals surface area (Å²) in [4.78, 5) is 12.6. The van der Waals surface area contributed by atoms with Crippen molar-refractivity contribution in [1.82, 2.24) is 4.90 Å². The molecule has 0 aliphatic rings. The fourth-order valence-electron chi connectivity index (χ4n) is 1.47. The molecule has 17 heavy (non-hydrogen) atoms. The van der Waals surface area contributed by atoms with Crippen molar-refractivity contribution in [2.75, 3.05) is 14.1 Å². The van der Waals surface area contributed by atoms with Crippen LogP contribution in [0.2, 0.25) is 0 Å². The van der Waals surface area contributed by atoms with Gasteiger partial charge in [0, 0.05) is 20.5 Å². The van der Waals surface area contributed by atoms with E-state index in [-0.39, 0.29) is 5.56 Å². The quantitative estimate of drug-likeness (QED) is 0.801. The van der Waals surface area contributed by atoms with Crippen LogP contribution in [0.4, 0.5) is 13.2 Å². The third-order valence-corrected chi connectivity index (χ3v) is 2.47. The number of hydrogen-bond acceptors (Lipinski definition) is 1. The number of halogens is 3. The van der Waals surface area contributed by atoms with Gasteiger partial charge in [0.25, 0.3) is 0 Å². The average molecular weight is 245 g/mol. The van der Waals surface area contributed by atoms with Crippen molar-refractivity contribution in [3.8, 4) is 0 Å². The normalized spacial score (nSPS) is 13.2. The summed E-state index contributed by atoms with van der Waals surface area (Å²) >= 11 is 0. The lowest BCUT2D eigenvalue weighted by molar-refractivity contribution is -0.159. The van der Waals surface area contributed by atoms with Gasteiger partial charge in [-0.3, -0.25) is 4.79 Å². The Labute approximate surface area is 98.0 Å². The van der Waals surface area contributed by atoms with E-state index in [0.717, 1.165) is 0 Å². The molecule has 1 rings (SSSR count). The molecule has 1 amide bonds. The second kappa shape index (κ2) is 5.21. The molecule has 5 heteroatoms. The molecule has 0 unspecified atom stereocenters. The Hall–Kier alpha value is -1.52. The van der Waals surface area contributed by atoms with Gasteiger partial charge in [0.05, 0.1) is 5.92 Å². The molecular formula is C12H14F3NO. The fraction of sp³-hybridized carbons (Fsp3) is 0.417. The number of carbonyl (C=O) groups excluding carboxylic acids is 1. The van der Waals surface area contributed by atoms with Crippen molar-refractivity contribution in [2.45, 2.75) is 18.5 Å². The number of alkyl halides is 3. The van der Waals surface area contributed by atoms with E-state index in [1.165, 1.54) is 43.3 Å². The average Bonchev–Trinajstić information content (AvgIpc) is 2.25. The van der Waals surface area contributed by atoms with E-state index in [9.17, 15) is 18.0 Å². The molecule has 1 aromatic rings. The van der Waals surface area contributed by atoms with Crippen LogP contribution in [0.15, 0.2) is 30.3 Å². The Kier molecular flexibility index (Phi) is 4.15. The number of benzene rings is 1. The summed E-state index contributed by atoms with van der Waals surface area (Å²) in [7, 11) is 2.89. The van der Waals surface area contributed by atoms with E-state index < -0.39 is 24.4 Å². The molecule has 94 valence electrons. The lowest BCUT2D eigenvalue weighted by Gasteiger charge is -2.21.